The molecule has 4 amide bonds. The van der Waals surface area contributed by atoms with E-state index < -0.39 is 6.03 Å². The van der Waals surface area contributed by atoms with Crippen LogP contribution in [0.15, 0.2) is 54.6 Å². The molecule has 0 unspecified atom stereocenters. The molecule has 0 spiro atoms. The van der Waals surface area contributed by atoms with Crippen LogP contribution in [0, 0.1) is 0 Å². The van der Waals surface area contributed by atoms with Crippen LogP contribution in [0.2, 0.25) is 0 Å². The van der Waals surface area contributed by atoms with Crippen LogP contribution in [-0.2, 0) is 0 Å². The molecule has 7 heteroatoms. The second kappa shape index (κ2) is 9.55. The standard InChI is InChI=1S/C21H26N4O3/c1-21(2,3)25-19(27)16-10-7-11-17(14-16)24-20(28)23-13-12-22-18(26)15-8-5-4-6-9-15/h4-11,14H,12-13H2,1-3H3,(H,22,26)(H,25,27)(H2,23,24,28). The van der Waals surface area contributed by atoms with Crippen LogP contribution in [0.4, 0.5) is 10.5 Å². The van der Waals surface area contributed by atoms with E-state index in [4.69, 9.17) is 0 Å². The quantitative estimate of drug-likeness (QED) is 0.578. The first-order valence-electron chi connectivity index (χ1n) is 9.05. The molecule has 0 atom stereocenters. The molecule has 4 N–H and O–H groups in total. The maximum Gasteiger partial charge on any atom is 0.319 e. The minimum absolute atomic E-state index is 0.194. The van der Waals surface area contributed by atoms with Gasteiger partial charge >= 0.3 is 6.03 Å². The van der Waals surface area contributed by atoms with Crippen molar-refractivity contribution >= 4 is 23.5 Å². The van der Waals surface area contributed by atoms with Crippen LogP contribution in [0.1, 0.15) is 41.5 Å². The fraction of sp³-hybridized carbons (Fsp3) is 0.286. The topological polar surface area (TPSA) is 99.3 Å². The lowest BCUT2D eigenvalue weighted by molar-refractivity contribution is 0.0917. The molecule has 0 aliphatic carbocycles. The molecule has 2 aromatic carbocycles. The van der Waals surface area contributed by atoms with E-state index in [9.17, 15) is 14.4 Å². The number of carbonyl (C=O) groups excluding carboxylic acids is 3. The van der Waals surface area contributed by atoms with E-state index in [2.05, 4.69) is 21.3 Å². The molecule has 0 bridgehead atoms. The summed E-state index contributed by atoms with van der Waals surface area (Å²) >= 11 is 0. The number of hydrogen-bond acceptors (Lipinski definition) is 3. The van der Waals surface area contributed by atoms with Crippen molar-refractivity contribution < 1.29 is 14.4 Å². The van der Waals surface area contributed by atoms with Crippen LogP contribution >= 0.6 is 0 Å². The van der Waals surface area contributed by atoms with E-state index in [1.54, 1.807) is 48.5 Å². The van der Waals surface area contributed by atoms with E-state index in [1.165, 1.54) is 0 Å². The van der Waals surface area contributed by atoms with Gasteiger partial charge in [-0.25, -0.2) is 4.79 Å². The number of benzene rings is 2. The highest BCUT2D eigenvalue weighted by Crippen LogP contribution is 2.12. The van der Waals surface area contributed by atoms with E-state index >= 15 is 0 Å². The summed E-state index contributed by atoms with van der Waals surface area (Å²) in [5.74, 6) is -0.402. The SMILES string of the molecule is CC(C)(C)NC(=O)c1cccc(NC(=O)NCCNC(=O)c2ccccc2)c1. The van der Waals surface area contributed by atoms with Crippen molar-refractivity contribution in [2.24, 2.45) is 0 Å². The Hall–Kier alpha value is -3.35. The Morgan fingerprint density at radius 2 is 1.43 bits per heavy atom. The minimum Gasteiger partial charge on any atom is -0.350 e. The zero-order valence-corrected chi connectivity index (χ0v) is 16.3. The smallest absolute Gasteiger partial charge is 0.319 e. The molecule has 0 saturated heterocycles. The van der Waals surface area contributed by atoms with Gasteiger partial charge in [-0.15, -0.1) is 0 Å². The van der Waals surface area contributed by atoms with Gasteiger partial charge in [0.1, 0.15) is 0 Å². The molecule has 0 aliphatic heterocycles. The maximum atomic E-state index is 12.2. The minimum atomic E-state index is -0.415. The molecule has 28 heavy (non-hydrogen) atoms. The molecule has 7 nitrogen and oxygen atoms in total. The summed E-state index contributed by atoms with van der Waals surface area (Å²) in [6.07, 6.45) is 0. The lowest BCUT2D eigenvalue weighted by Gasteiger charge is -2.20. The molecular formula is C21H26N4O3. The molecule has 0 radical (unpaired) electrons. The van der Waals surface area contributed by atoms with Gasteiger partial charge in [0.2, 0.25) is 0 Å². The van der Waals surface area contributed by atoms with E-state index in [0.717, 1.165) is 0 Å². The van der Waals surface area contributed by atoms with E-state index in [0.29, 0.717) is 23.4 Å². The Kier molecular flexibility index (Phi) is 7.14. The summed E-state index contributed by atoms with van der Waals surface area (Å²) < 4.78 is 0. The van der Waals surface area contributed by atoms with Crippen LogP contribution in [0.3, 0.4) is 0 Å². The number of amides is 4. The zero-order valence-electron chi connectivity index (χ0n) is 16.3. The highest BCUT2D eigenvalue weighted by Gasteiger charge is 2.15. The first kappa shape index (κ1) is 21.0. The second-order valence-corrected chi connectivity index (χ2v) is 7.29. The van der Waals surface area contributed by atoms with Crippen molar-refractivity contribution in [2.75, 3.05) is 18.4 Å². The van der Waals surface area contributed by atoms with Gasteiger partial charge in [0.15, 0.2) is 0 Å². The number of rotatable bonds is 6. The highest BCUT2D eigenvalue weighted by molar-refractivity contribution is 5.97. The summed E-state index contributed by atoms with van der Waals surface area (Å²) in [7, 11) is 0. The Morgan fingerprint density at radius 1 is 0.786 bits per heavy atom. The largest absolute Gasteiger partial charge is 0.350 e. The number of anilines is 1. The lowest BCUT2D eigenvalue weighted by atomic mass is 10.1. The summed E-state index contributed by atoms with van der Waals surface area (Å²) in [5, 5.41) is 10.9. The van der Waals surface area contributed by atoms with Gasteiger partial charge in [-0.1, -0.05) is 24.3 Å². The number of hydrogen-bond donors (Lipinski definition) is 4. The fourth-order valence-electron chi connectivity index (χ4n) is 2.37. The summed E-state index contributed by atoms with van der Waals surface area (Å²) in [6, 6.07) is 15.1. The van der Waals surface area contributed by atoms with Gasteiger partial charge in [0.05, 0.1) is 0 Å². The normalized spacial score (nSPS) is 10.7. The predicted octanol–water partition coefficient (Wildman–Crippen LogP) is 2.77. The third-order valence-electron chi connectivity index (χ3n) is 3.60. The molecule has 0 fully saturated rings. The molecule has 0 aliphatic rings. The van der Waals surface area contributed by atoms with Crippen molar-refractivity contribution in [3.05, 3.63) is 65.7 Å². The summed E-state index contributed by atoms with van der Waals surface area (Å²) in [5.41, 5.74) is 1.19. The Labute approximate surface area is 164 Å². The van der Waals surface area contributed by atoms with Crippen molar-refractivity contribution in [1.82, 2.24) is 16.0 Å². The molecular weight excluding hydrogens is 356 g/mol. The molecule has 2 rings (SSSR count). The molecule has 2 aromatic rings. The fourth-order valence-corrected chi connectivity index (χ4v) is 2.37. The van der Waals surface area contributed by atoms with Crippen molar-refractivity contribution in [1.29, 1.82) is 0 Å². The van der Waals surface area contributed by atoms with Crippen LogP contribution in [-0.4, -0.2) is 36.5 Å². The predicted molar refractivity (Wildman–Crippen MR) is 109 cm³/mol. The second-order valence-electron chi connectivity index (χ2n) is 7.29. The zero-order chi connectivity index (χ0) is 20.6. The van der Waals surface area contributed by atoms with Crippen molar-refractivity contribution in [3.8, 4) is 0 Å². The highest BCUT2D eigenvalue weighted by atomic mass is 16.2. The van der Waals surface area contributed by atoms with Crippen molar-refractivity contribution in [2.45, 2.75) is 26.3 Å². The Bertz CT molecular complexity index is 829. The van der Waals surface area contributed by atoms with Crippen LogP contribution in [0.5, 0.6) is 0 Å². The van der Waals surface area contributed by atoms with Crippen molar-refractivity contribution in [3.63, 3.8) is 0 Å². The molecule has 0 saturated carbocycles. The van der Waals surface area contributed by atoms with Crippen LogP contribution < -0.4 is 21.3 Å². The lowest BCUT2D eigenvalue weighted by Crippen LogP contribution is -2.40. The third kappa shape index (κ3) is 7.11. The van der Waals surface area contributed by atoms with Gasteiger partial charge in [-0.2, -0.15) is 0 Å². The van der Waals surface area contributed by atoms with Gasteiger partial charge in [-0.05, 0) is 51.1 Å². The van der Waals surface area contributed by atoms with E-state index in [-0.39, 0.29) is 23.9 Å². The molecule has 0 aromatic heterocycles. The van der Waals surface area contributed by atoms with Crippen LogP contribution in [0.25, 0.3) is 0 Å². The van der Waals surface area contributed by atoms with Gasteiger partial charge in [0, 0.05) is 35.4 Å². The number of nitrogens with one attached hydrogen (secondary N) is 4. The van der Waals surface area contributed by atoms with Gasteiger partial charge < -0.3 is 21.3 Å². The number of urea groups is 1. The summed E-state index contributed by atoms with van der Waals surface area (Å²) in [6.45, 7) is 6.27. The Balaban J connectivity index is 1.78. The average Bonchev–Trinajstić information content (AvgIpc) is 2.64. The third-order valence-corrected chi connectivity index (χ3v) is 3.60. The first-order valence-corrected chi connectivity index (χ1v) is 9.05. The molecule has 0 heterocycles. The average molecular weight is 382 g/mol. The van der Waals surface area contributed by atoms with Gasteiger partial charge in [0.25, 0.3) is 11.8 Å². The number of carbonyl (C=O) groups is 3. The Morgan fingerprint density at radius 3 is 2.11 bits per heavy atom. The maximum absolute atomic E-state index is 12.2. The monoisotopic (exact) mass is 382 g/mol. The molecule has 148 valence electrons. The summed E-state index contributed by atoms with van der Waals surface area (Å²) in [4.78, 5) is 36.1. The van der Waals surface area contributed by atoms with Gasteiger partial charge in [-0.3, -0.25) is 9.59 Å². The first-order chi connectivity index (χ1) is 13.2. The van der Waals surface area contributed by atoms with E-state index in [1.807, 2.05) is 26.8 Å².